The molecule has 0 bridgehead atoms. The van der Waals surface area contributed by atoms with E-state index in [9.17, 15) is 5.11 Å². The molecule has 1 N–H and O–H groups in total. The first-order chi connectivity index (χ1) is 13.7. The van der Waals surface area contributed by atoms with Crippen molar-refractivity contribution in [2.45, 2.75) is 92.6 Å². The van der Waals surface area contributed by atoms with Crippen LogP contribution in [0.4, 0.5) is 0 Å². The van der Waals surface area contributed by atoms with Crippen LogP contribution in [-0.2, 0) is 0 Å². The number of aliphatic hydroxyl groups is 1. The predicted octanol–water partition coefficient (Wildman–Crippen LogP) is 7.33. The molecule has 0 aromatic rings. The molecule has 1 nitrogen and oxygen atoms in total. The molecular formula is C28H44O. The number of rotatable bonds is 4. The zero-order valence-electron chi connectivity index (χ0n) is 19.7. The van der Waals surface area contributed by atoms with Crippen LogP contribution in [0.3, 0.4) is 0 Å². The van der Waals surface area contributed by atoms with Gasteiger partial charge in [-0.25, -0.2) is 0 Å². The van der Waals surface area contributed by atoms with Crippen LogP contribution < -0.4 is 0 Å². The third-order valence-electron chi connectivity index (χ3n) is 10.0. The molecule has 162 valence electrons. The first-order valence-electron chi connectivity index (χ1n) is 12.4. The average molecular weight is 397 g/mol. The van der Waals surface area contributed by atoms with Crippen LogP contribution in [0.5, 0.6) is 0 Å². The summed E-state index contributed by atoms with van der Waals surface area (Å²) in [7, 11) is 0. The van der Waals surface area contributed by atoms with E-state index in [0.29, 0.717) is 22.7 Å². The highest BCUT2D eigenvalue weighted by atomic mass is 16.3. The van der Waals surface area contributed by atoms with Crippen LogP contribution in [0.15, 0.2) is 35.5 Å². The highest BCUT2D eigenvalue weighted by Gasteiger charge is 2.56. The van der Waals surface area contributed by atoms with Gasteiger partial charge in [-0.15, -0.1) is 0 Å². The van der Waals surface area contributed by atoms with Crippen LogP contribution in [0.1, 0.15) is 86.5 Å². The van der Waals surface area contributed by atoms with E-state index in [1.165, 1.54) is 37.7 Å². The zero-order chi connectivity index (χ0) is 21.0. The second-order valence-electron chi connectivity index (χ2n) is 11.9. The standard InChI is InChI=1S/C28H44O/c1-18(2)19(3)7-8-20(4)24-11-12-25-23-10-9-21-17-22(29)13-15-27(21,5)26(23)14-16-28(24,25)6/h7-10,18-20,22,24-26,29H,11-17H2,1-6H3/b8-7+/t19-,20+,22-,24-,25-,26+,27-,28+/m0/s1. The van der Waals surface area contributed by atoms with Crippen molar-refractivity contribution in [2.24, 2.45) is 46.3 Å². The van der Waals surface area contributed by atoms with Gasteiger partial charge in [0.2, 0.25) is 0 Å². The van der Waals surface area contributed by atoms with Gasteiger partial charge in [-0.05, 0) is 91.3 Å². The first kappa shape index (κ1) is 21.4. The van der Waals surface area contributed by atoms with Gasteiger partial charge >= 0.3 is 0 Å². The van der Waals surface area contributed by atoms with Crippen LogP contribution in [0.25, 0.3) is 0 Å². The maximum Gasteiger partial charge on any atom is 0.0578 e. The molecule has 3 saturated carbocycles. The Bertz CT molecular complexity index is 712. The molecule has 0 aromatic heterocycles. The molecule has 0 aromatic carbocycles. The molecule has 0 amide bonds. The van der Waals surface area contributed by atoms with E-state index >= 15 is 0 Å². The highest BCUT2D eigenvalue weighted by Crippen LogP contribution is 2.65. The summed E-state index contributed by atoms with van der Waals surface area (Å²) in [5.74, 6) is 4.38. The van der Waals surface area contributed by atoms with Crippen molar-refractivity contribution in [3.05, 3.63) is 35.5 Å². The largest absolute Gasteiger partial charge is 0.393 e. The van der Waals surface area contributed by atoms with Gasteiger partial charge in [0.15, 0.2) is 0 Å². The van der Waals surface area contributed by atoms with E-state index in [1.807, 2.05) is 0 Å². The minimum atomic E-state index is -0.116. The molecule has 0 radical (unpaired) electrons. The number of hydrogen-bond donors (Lipinski definition) is 1. The Balaban J connectivity index is 1.57. The third-order valence-corrected chi connectivity index (χ3v) is 10.0. The van der Waals surface area contributed by atoms with Gasteiger partial charge in [-0.3, -0.25) is 0 Å². The summed E-state index contributed by atoms with van der Waals surface area (Å²) in [5.41, 5.74) is 4.07. The molecule has 3 fully saturated rings. The fourth-order valence-corrected chi connectivity index (χ4v) is 7.59. The van der Waals surface area contributed by atoms with Gasteiger partial charge in [-0.2, -0.15) is 0 Å². The molecule has 0 saturated heterocycles. The molecule has 0 aliphatic heterocycles. The molecule has 1 heteroatoms. The lowest BCUT2D eigenvalue weighted by Gasteiger charge is -2.55. The van der Waals surface area contributed by atoms with Crippen LogP contribution >= 0.6 is 0 Å². The molecule has 4 aliphatic rings. The number of fused-ring (bicyclic) bond motifs is 5. The minimum Gasteiger partial charge on any atom is -0.393 e. The molecule has 8 atom stereocenters. The zero-order valence-corrected chi connectivity index (χ0v) is 19.7. The van der Waals surface area contributed by atoms with E-state index in [2.05, 4.69) is 65.8 Å². The van der Waals surface area contributed by atoms with Crippen molar-refractivity contribution in [2.75, 3.05) is 0 Å². The van der Waals surface area contributed by atoms with Gasteiger partial charge in [-0.1, -0.05) is 77.0 Å². The van der Waals surface area contributed by atoms with Crippen molar-refractivity contribution in [1.29, 1.82) is 0 Å². The lowest BCUT2D eigenvalue weighted by Crippen LogP contribution is -2.46. The maximum absolute atomic E-state index is 10.2. The summed E-state index contributed by atoms with van der Waals surface area (Å²) in [6, 6.07) is 0. The van der Waals surface area contributed by atoms with Gasteiger partial charge < -0.3 is 5.11 Å². The van der Waals surface area contributed by atoms with Crippen LogP contribution in [-0.4, -0.2) is 11.2 Å². The molecule has 4 aliphatic carbocycles. The molecule has 0 unspecified atom stereocenters. The summed E-state index contributed by atoms with van der Waals surface area (Å²) in [5, 5.41) is 10.2. The topological polar surface area (TPSA) is 20.2 Å². The minimum absolute atomic E-state index is 0.116. The Morgan fingerprint density at radius 2 is 1.69 bits per heavy atom. The fourth-order valence-electron chi connectivity index (χ4n) is 7.59. The van der Waals surface area contributed by atoms with Gasteiger partial charge in [0, 0.05) is 0 Å². The smallest absolute Gasteiger partial charge is 0.0578 e. The van der Waals surface area contributed by atoms with Gasteiger partial charge in [0.25, 0.3) is 0 Å². The first-order valence-corrected chi connectivity index (χ1v) is 12.4. The van der Waals surface area contributed by atoms with E-state index in [4.69, 9.17) is 0 Å². The molecule has 0 spiro atoms. The fraction of sp³-hybridized carbons (Fsp3) is 0.786. The second kappa shape index (κ2) is 7.70. The maximum atomic E-state index is 10.2. The summed E-state index contributed by atoms with van der Waals surface area (Å²) < 4.78 is 0. The predicted molar refractivity (Wildman–Crippen MR) is 123 cm³/mol. The quantitative estimate of drug-likeness (QED) is 0.493. The summed E-state index contributed by atoms with van der Waals surface area (Å²) in [6.45, 7) is 14.6. The van der Waals surface area contributed by atoms with Crippen molar-refractivity contribution in [3.63, 3.8) is 0 Å². The Hall–Kier alpha value is -0.820. The lowest BCUT2D eigenvalue weighted by atomic mass is 9.50. The van der Waals surface area contributed by atoms with Crippen molar-refractivity contribution >= 4 is 0 Å². The SMILES string of the molecule is CC(C)[C@@H](C)/C=C/[C@@H](C)[C@@H]1CC[C@H]2C3=CC=C4C[C@@H](O)CC[C@]4(C)[C@@H]3CC[C@@]21C. The van der Waals surface area contributed by atoms with E-state index in [0.717, 1.165) is 36.5 Å². The highest BCUT2D eigenvalue weighted by molar-refractivity contribution is 5.39. The van der Waals surface area contributed by atoms with Crippen molar-refractivity contribution in [3.8, 4) is 0 Å². The van der Waals surface area contributed by atoms with E-state index in [1.54, 1.807) is 5.57 Å². The summed E-state index contributed by atoms with van der Waals surface area (Å²) >= 11 is 0. The Labute approximate surface area is 179 Å². The molecular weight excluding hydrogens is 352 g/mol. The van der Waals surface area contributed by atoms with Crippen LogP contribution in [0, 0.1) is 46.3 Å². The van der Waals surface area contributed by atoms with Crippen LogP contribution in [0.2, 0.25) is 0 Å². The van der Waals surface area contributed by atoms with Gasteiger partial charge in [0.05, 0.1) is 6.10 Å². The average Bonchev–Trinajstić information content (AvgIpc) is 3.03. The summed E-state index contributed by atoms with van der Waals surface area (Å²) in [4.78, 5) is 0. The monoisotopic (exact) mass is 396 g/mol. The van der Waals surface area contributed by atoms with Crippen molar-refractivity contribution in [1.82, 2.24) is 0 Å². The number of allylic oxidation sites excluding steroid dienone is 5. The van der Waals surface area contributed by atoms with E-state index in [-0.39, 0.29) is 6.10 Å². The number of hydrogen-bond acceptors (Lipinski definition) is 1. The lowest BCUT2D eigenvalue weighted by molar-refractivity contribution is 0.0382. The normalized spacial score (nSPS) is 44.0. The third kappa shape index (κ3) is 3.50. The molecule has 0 heterocycles. The Kier molecular flexibility index (Phi) is 5.69. The second-order valence-corrected chi connectivity index (χ2v) is 11.9. The molecule has 4 rings (SSSR count). The van der Waals surface area contributed by atoms with Gasteiger partial charge in [0.1, 0.15) is 0 Å². The van der Waals surface area contributed by atoms with Crippen molar-refractivity contribution < 1.29 is 5.11 Å². The summed E-state index contributed by atoms with van der Waals surface area (Å²) in [6.07, 6.45) is 18.4. The molecule has 29 heavy (non-hydrogen) atoms. The van der Waals surface area contributed by atoms with E-state index < -0.39 is 0 Å². The Morgan fingerprint density at radius 1 is 0.931 bits per heavy atom. The Morgan fingerprint density at radius 3 is 2.41 bits per heavy atom. The number of aliphatic hydroxyl groups excluding tert-OH is 1.